The standard InChI is InChI=1S/C22H29FN4O2/c23-17-6-3-15(4-7-17)14-26-20-13-16(21(28)25-11-1-2-12-25)5-8-18(20)27-19(22(26)29)9-10-24-27/h3-4,6-7,16,18-20,24H,1-2,5,8-14H2. The van der Waals surface area contributed by atoms with Crippen molar-refractivity contribution in [2.45, 2.75) is 63.2 Å². The highest BCUT2D eigenvalue weighted by Crippen LogP contribution is 2.39. The fourth-order valence-corrected chi connectivity index (χ4v) is 5.72. The van der Waals surface area contributed by atoms with Gasteiger partial charge in [0.25, 0.3) is 0 Å². The number of hydrogen-bond donors (Lipinski definition) is 1. The second-order valence-electron chi connectivity index (χ2n) is 8.89. The largest absolute Gasteiger partial charge is 0.342 e. The summed E-state index contributed by atoms with van der Waals surface area (Å²) in [5.74, 6) is 0.134. The Hall–Kier alpha value is -1.99. The first-order chi connectivity index (χ1) is 14.1. The Morgan fingerprint density at radius 2 is 1.83 bits per heavy atom. The Balaban J connectivity index is 1.39. The molecule has 29 heavy (non-hydrogen) atoms. The third kappa shape index (κ3) is 3.44. The summed E-state index contributed by atoms with van der Waals surface area (Å²) in [6, 6.07) is 6.54. The van der Waals surface area contributed by atoms with E-state index in [1.165, 1.54) is 12.1 Å². The van der Waals surface area contributed by atoms with Crippen LogP contribution < -0.4 is 5.43 Å². The molecular formula is C22H29FN4O2. The molecule has 6 nitrogen and oxygen atoms in total. The molecule has 4 aliphatic rings. The van der Waals surface area contributed by atoms with E-state index in [0.29, 0.717) is 6.54 Å². The number of nitrogens with one attached hydrogen (secondary N) is 1. The molecule has 4 unspecified atom stereocenters. The van der Waals surface area contributed by atoms with E-state index in [9.17, 15) is 14.0 Å². The summed E-state index contributed by atoms with van der Waals surface area (Å²) >= 11 is 0. The number of hydrogen-bond acceptors (Lipinski definition) is 4. The van der Waals surface area contributed by atoms with E-state index in [2.05, 4.69) is 10.4 Å². The smallest absolute Gasteiger partial charge is 0.242 e. The van der Waals surface area contributed by atoms with Crippen molar-refractivity contribution in [1.82, 2.24) is 20.2 Å². The number of nitrogens with zero attached hydrogens (tertiary/aromatic N) is 3. The molecule has 1 aromatic rings. The van der Waals surface area contributed by atoms with Crippen LogP contribution in [0.5, 0.6) is 0 Å². The molecule has 0 aromatic heterocycles. The molecule has 0 bridgehead atoms. The summed E-state index contributed by atoms with van der Waals surface area (Å²) in [5.41, 5.74) is 4.36. The van der Waals surface area contributed by atoms with Crippen molar-refractivity contribution in [3.8, 4) is 0 Å². The van der Waals surface area contributed by atoms with Gasteiger partial charge in [0.1, 0.15) is 11.9 Å². The van der Waals surface area contributed by atoms with Crippen LogP contribution in [0.25, 0.3) is 0 Å². The fourth-order valence-electron chi connectivity index (χ4n) is 5.72. The second kappa shape index (κ2) is 7.69. The SMILES string of the molecule is O=C(C1CCC2C(C1)N(Cc1ccc(F)cc1)C(=O)C1CCNN12)N1CCCC1. The van der Waals surface area contributed by atoms with Gasteiger partial charge >= 0.3 is 0 Å². The minimum Gasteiger partial charge on any atom is -0.342 e. The van der Waals surface area contributed by atoms with Gasteiger partial charge in [0, 0.05) is 44.2 Å². The summed E-state index contributed by atoms with van der Waals surface area (Å²) in [4.78, 5) is 30.4. The van der Waals surface area contributed by atoms with Crippen LogP contribution >= 0.6 is 0 Å². The lowest BCUT2D eigenvalue weighted by Gasteiger charge is -2.52. The van der Waals surface area contributed by atoms with Crippen molar-refractivity contribution in [3.63, 3.8) is 0 Å². The molecule has 7 heteroatoms. The minimum atomic E-state index is -0.267. The van der Waals surface area contributed by atoms with Gasteiger partial charge in [0.15, 0.2) is 0 Å². The van der Waals surface area contributed by atoms with Gasteiger partial charge in [-0.1, -0.05) is 12.1 Å². The maximum atomic E-state index is 13.3. The molecule has 3 saturated heterocycles. The molecule has 1 N–H and O–H groups in total. The van der Waals surface area contributed by atoms with Gasteiger partial charge in [-0.2, -0.15) is 0 Å². The topological polar surface area (TPSA) is 55.9 Å². The molecule has 3 heterocycles. The van der Waals surface area contributed by atoms with Crippen molar-refractivity contribution in [2.75, 3.05) is 19.6 Å². The Morgan fingerprint density at radius 3 is 2.59 bits per heavy atom. The highest BCUT2D eigenvalue weighted by molar-refractivity contribution is 5.84. The highest BCUT2D eigenvalue weighted by atomic mass is 19.1. The average Bonchev–Trinajstić information content (AvgIpc) is 3.44. The molecule has 0 spiro atoms. The number of halogens is 1. The zero-order valence-corrected chi connectivity index (χ0v) is 16.7. The van der Waals surface area contributed by atoms with Gasteiger partial charge in [-0.15, -0.1) is 0 Å². The molecule has 156 valence electrons. The van der Waals surface area contributed by atoms with Crippen molar-refractivity contribution in [1.29, 1.82) is 0 Å². The Kier molecular flexibility index (Phi) is 5.04. The predicted molar refractivity (Wildman–Crippen MR) is 106 cm³/mol. The molecular weight excluding hydrogens is 371 g/mol. The lowest BCUT2D eigenvalue weighted by atomic mass is 9.78. The van der Waals surface area contributed by atoms with Crippen LogP contribution in [0.2, 0.25) is 0 Å². The van der Waals surface area contributed by atoms with Gasteiger partial charge in [-0.25, -0.2) is 9.40 Å². The molecule has 0 radical (unpaired) electrons. The number of piperazine rings is 1. The lowest BCUT2D eigenvalue weighted by Crippen LogP contribution is -2.68. The molecule has 2 amide bonds. The molecule has 4 fully saturated rings. The van der Waals surface area contributed by atoms with Crippen molar-refractivity contribution in [2.24, 2.45) is 5.92 Å². The zero-order valence-electron chi connectivity index (χ0n) is 16.7. The summed E-state index contributed by atoms with van der Waals surface area (Å²) in [6.45, 7) is 3.05. The third-order valence-electron chi connectivity index (χ3n) is 7.19. The number of amides is 2. The first kappa shape index (κ1) is 19.0. The molecule has 1 saturated carbocycles. The van der Waals surface area contributed by atoms with Crippen molar-refractivity contribution < 1.29 is 14.0 Å². The van der Waals surface area contributed by atoms with Gasteiger partial charge in [-0.05, 0) is 56.2 Å². The molecule has 1 aliphatic carbocycles. The summed E-state index contributed by atoms with van der Waals surface area (Å²) < 4.78 is 13.3. The molecule has 1 aromatic carbocycles. The lowest BCUT2D eigenvalue weighted by molar-refractivity contribution is -0.158. The highest BCUT2D eigenvalue weighted by Gasteiger charge is 2.51. The maximum Gasteiger partial charge on any atom is 0.242 e. The van der Waals surface area contributed by atoms with Crippen molar-refractivity contribution >= 4 is 11.8 Å². The predicted octanol–water partition coefficient (Wildman–Crippen LogP) is 1.91. The van der Waals surface area contributed by atoms with E-state index < -0.39 is 0 Å². The summed E-state index contributed by atoms with van der Waals surface area (Å²) in [5, 5.41) is 2.17. The van der Waals surface area contributed by atoms with E-state index in [1.54, 1.807) is 12.1 Å². The Labute approximate surface area is 171 Å². The monoisotopic (exact) mass is 400 g/mol. The zero-order chi connectivity index (χ0) is 20.0. The van der Waals surface area contributed by atoms with Gasteiger partial charge in [-0.3, -0.25) is 15.0 Å². The third-order valence-corrected chi connectivity index (χ3v) is 7.19. The summed E-state index contributed by atoms with van der Waals surface area (Å²) in [7, 11) is 0. The Morgan fingerprint density at radius 1 is 1.07 bits per heavy atom. The van der Waals surface area contributed by atoms with Crippen LogP contribution in [-0.4, -0.2) is 64.4 Å². The quantitative estimate of drug-likeness (QED) is 0.842. The van der Waals surface area contributed by atoms with Gasteiger partial charge in [0.2, 0.25) is 11.8 Å². The van der Waals surface area contributed by atoms with Crippen LogP contribution in [0.15, 0.2) is 24.3 Å². The van der Waals surface area contributed by atoms with E-state index >= 15 is 0 Å². The first-order valence-corrected chi connectivity index (χ1v) is 11.0. The van der Waals surface area contributed by atoms with Gasteiger partial charge < -0.3 is 9.80 Å². The number of carbonyl (C=O) groups is 2. The van der Waals surface area contributed by atoms with Crippen LogP contribution in [0, 0.1) is 11.7 Å². The number of carbonyl (C=O) groups excluding carboxylic acids is 2. The Bertz CT molecular complexity index is 780. The first-order valence-electron chi connectivity index (χ1n) is 11.0. The van der Waals surface area contributed by atoms with E-state index in [-0.39, 0.29) is 41.7 Å². The fraction of sp³-hybridized carbons (Fsp3) is 0.636. The average molecular weight is 400 g/mol. The number of benzene rings is 1. The van der Waals surface area contributed by atoms with Crippen LogP contribution in [0.1, 0.15) is 44.1 Å². The summed E-state index contributed by atoms with van der Waals surface area (Å²) in [6.07, 6.45) is 5.54. The van der Waals surface area contributed by atoms with E-state index in [1.807, 2.05) is 9.80 Å². The number of likely N-dealkylation sites (tertiary alicyclic amines) is 1. The van der Waals surface area contributed by atoms with Crippen LogP contribution in [-0.2, 0) is 16.1 Å². The van der Waals surface area contributed by atoms with E-state index in [4.69, 9.17) is 0 Å². The normalized spacial score (nSPS) is 32.4. The number of hydrazine groups is 1. The number of fused-ring (bicyclic) bond motifs is 3. The number of rotatable bonds is 3. The van der Waals surface area contributed by atoms with Crippen LogP contribution in [0.4, 0.5) is 4.39 Å². The van der Waals surface area contributed by atoms with E-state index in [0.717, 1.165) is 63.7 Å². The molecule has 5 rings (SSSR count). The van der Waals surface area contributed by atoms with Gasteiger partial charge in [0.05, 0.1) is 0 Å². The second-order valence-corrected chi connectivity index (χ2v) is 8.89. The minimum absolute atomic E-state index is 0.00276. The van der Waals surface area contributed by atoms with Crippen molar-refractivity contribution in [3.05, 3.63) is 35.6 Å². The molecule has 4 atom stereocenters. The molecule has 3 aliphatic heterocycles. The van der Waals surface area contributed by atoms with Crippen LogP contribution in [0.3, 0.4) is 0 Å². The maximum absolute atomic E-state index is 13.3.